The molecule has 1 aliphatic heterocycles. The van der Waals surface area contributed by atoms with Gasteiger partial charge in [-0.15, -0.1) is 0 Å². The van der Waals surface area contributed by atoms with Crippen molar-refractivity contribution in [2.24, 2.45) is 0 Å². The topological polar surface area (TPSA) is 81.2 Å². The van der Waals surface area contributed by atoms with Crippen LogP contribution >= 0.6 is 11.8 Å². The SMILES string of the molecule is Cc1nc2ccccn2c(=O)c1CCN1CCC(Sc2nc3cncnc3n2Cc2ccc(F)cc2)CC1. The van der Waals surface area contributed by atoms with Gasteiger partial charge in [0, 0.05) is 29.2 Å². The van der Waals surface area contributed by atoms with E-state index in [9.17, 15) is 9.18 Å². The molecule has 0 radical (unpaired) electrons. The highest BCUT2D eigenvalue weighted by atomic mass is 32.2. The first-order chi connectivity index (χ1) is 18.5. The number of hydrogen-bond acceptors (Lipinski definition) is 7. The van der Waals surface area contributed by atoms with Gasteiger partial charge in [-0.3, -0.25) is 13.8 Å². The van der Waals surface area contributed by atoms with Crippen molar-refractivity contribution in [1.29, 1.82) is 0 Å². The fourth-order valence-corrected chi connectivity index (χ4v) is 6.23. The molecule has 194 valence electrons. The minimum absolute atomic E-state index is 0.0293. The van der Waals surface area contributed by atoms with Crippen molar-refractivity contribution in [2.75, 3.05) is 19.6 Å². The lowest BCUT2D eigenvalue weighted by atomic mass is 10.1. The van der Waals surface area contributed by atoms with Crippen LogP contribution in [0.4, 0.5) is 4.39 Å². The predicted octanol–water partition coefficient (Wildman–Crippen LogP) is 4.13. The normalized spacial score (nSPS) is 15.0. The summed E-state index contributed by atoms with van der Waals surface area (Å²) in [6.07, 6.45) is 7.82. The first kappa shape index (κ1) is 24.7. The number of likely N-dealkylation sites (tertiary alicyclic amines) is 1. The van der Waals surface area contributed by atoms with E-state index in [1.165, 1.54) is 18.5 Å². The number of fused-ring (bicyclic) bond motifs is 2. The molecule has 38 heavy (non-hydrogen) atoms. The zero-order chi connectivity index (χ0) is 26.1. The van der Waals surface area contributed by atoms with Crippen molar-refractivity contribution < 1.29 is 4.39 Å². The molecule has 4 aromatic heterocycles. The van der Waals surface area contributed by atoms with Crippen LogP contribution in [0.25, 0.3) is 16.8 Å². The maximum atomic E-state index is 13.4. The highest BCUT2D eigenvalue weighted by molar-refractivity contribution is 7.99. The molecular formula is C28H28FN7OS. The van der Waals surface area contributed by atoms with Crippen molar-refractivity contribution in [2.45, 2.75) is 43.1 Å². The Morgan fingerprint density at radius 2 is 1.89 bits per heavy atom. The van der Waals surface area contributed by atoms with Crippen molar-refractivity contribution in [3.8, 4) is 0 Å². The van der Waals surface area contributed by atoms with Crippen LogP contribution in [0, 0.1) is 12.7 Å². The molecule has 0 aliphatic carbocycles. The summed E-state index contributed by atoms with van der Waals surface area (Å²) in [5.74, 6) is -0.245. The number of hydrogen-bond donors (Lipinski definition) is 0. The Hall–Kier alpha value is -3.63. The Morgan fingerprint density at radius 1 is 1.08 bits per heavy atom. The third-order valence-corrected chi connectivity index (χ3v) is 8.48. The van der Waals surface area contributed by atoms with Crippen LogP contribution in [-0.2, 0) is 13.0 Å². The highest BCUT2D eigenvalue weighted by Crippen LogP contribution is 2.32. The summed E-state index contributed by atoms with van der Waals surface area (Å²) in [4.78, 5) is 33.5. The highest BCUT2D eigenvalue weighted by Gasteiger charge is 2.24. The monoisotopic (exact) mass is 529 g/mol. The van der Waals surface area contributed by atoms with Gasteiger partial charge < -0.3 is 4.90 Å². The largest absolute Gasteiger partial charge is 0.303 e. The fraction of sp³-hybridized carbons (Fsp3) is 0.321. The van der Waals surface area contributed by atoms with Gasteiger partial charge in [0.15, 0.2) is 10.8 Å². The minimum atomic E-state index is -0.245. The van der Waals surface area contributed by atoms with Crippen LogP contribution in [0.15, 0.2) is 71.1 Å². The molecule has 0 bridgehead atoms. The van der Waals surface area contributed by atoms with E-state index in [2.05, 4.69) is 24.4 Å². The van der Waals surface area contributed by atoms with Gasteiger partial charge in [0.05, 0.1) is 12.7 Å². The molecule has 1 aliphatic rings. The number of aromatic nitrogens is 6. The molecule has 0 N–H and O–H groups in total. The third-order valence-electron chi connectivity index (χ3n) is 7.15. The third kappa shape index (κ3) is 5.06. The molecule has 10 heteroatoms. The Balaban J connectivity index is 1.11. The van der Waals surface area contributed by atoms with Gasteiger partial charge >= 0.3 is 0 Å². The lowest BCUT2D eigenvalue weighted by Gasteiger charge is -2.31. The Bertz CT molecular complexity index is 1640. The predicted molar refractivity (Wildman–Crippen MR) is 146 cm³/mol. The van der Waals surface area contributed by atoms with Crippen LogP contribution in [-0.4, -0.2) is 58.7 Å². The number of piperidine rings is 1. The molecule has 1 aromatic carbocycles. The first-order valence-electron chi connectivity index (χ1n) is 12.8. The molecule has 5 heterocycles. The summed E-state index contributed by atoms with van der Waals surface area (Å²) in [6, 6.07) is 12.2. The van der Waals surface area contributed by atoms with Gasteiger partial charge in [-0.2, -0.15) is 0 Å². The van der Waals surface area contributed by atoms with Crippen LogP contribution in [0.2, 0.25) is 0 Å². The second-order valence-electron chi connectivity index (χ2n) is 9.66. The van der Waals surface area contributed by atoms with Crippen LogP contribution in [0.1, 0.15) is 29.7 Å². The minimum Gasteiger partial charge on any atom is -0.303 e. The zero-order valence-corrected chi connectivity index (χ0v) is 21.9. The molecule has 0 spiro atoms. The van der Waals surface area contributed by atoms with E-state index in [0.29, 0.717) is 23.9 Å². The van der Waals surface area contributed by atoms with Gasteiger partial charge in [-0.05, 0) is 69.1 Å². The zero-order valence-electron chi connectivity index (χ0n) is 21.1. The second-order valence-corrected chi connectivity index (χ2v) is 10.9. The summed E-state index contributed by atoms with van der Waals surface area (Å²) >= 11 is 1.78. The summed E-state index contributed by atoms with van der Waals surface area (Å²) in [5.41, 5.74) is 4.87. The number of benzene rings is 1. The van der Waals surface area contributed by atoms with Crippen molar-refractivity contribution in [3.63, 3.8) is 0 Å². The van der Waals surface area contributed by atoms with Gasteiger partial charge in [0.25, 0.3) is 5.56 Å². The fourth-order valence-electron chi connectivity index (χ4n) is 5.06. The summed E-state index contributed by atoms with van der Waals surface area (Å²) in [5, 5.41) is 1.34. The Kier molecular flexibility index (Phi) is 6.90. The number of pyridine rings is 1. The van der Waals surface area contributed by atoms with Crippen molar-refractivity contribution in [3.05, 3.63) is 94.2 Å². The lowest BCUT2D eigenvalue weighted by Crippen LogP contribution is -2.37. The summed E-state index contributed by atoms with van der Waals surface area (Å²) < 4.78 is 17.2. The van der Waals surface area contributed by atoms with Gasteiger partial charge in [-0.1, -0.05) is 30.0 Å². The number of imidazole rings is 1. The van der Waals surface area contributed by atoms with E-state index >= 15 is 0 Å². The molecule has 6 rings (SSSR count). The molecular weight excluding hydrogens is 501 g/mol. The van der Waals surface area contributed by atoms with E-state index in [4.69, 9.17) is 4.98 Å². The molecule has 0 unspecified atom stereocenters. The Morgan fingerprint density at radius 3 is 2.71 bits per heavy atom. The molecule has 1 saturated heterocycles. The quantitative estimate of drug-likeness (QED) is 0.314. The van der Waals surface area contributed by atoms with Gasteiger partial charge in [0.2, 0.25) is 0 Å². The van der Waals surface area contributed by atoms with E-state index in [-0.39, 0.29) is 11.4 Å². The molecule has 1 fully saturated rings. The van der Waals surface area contributed by atoms with E-state index in [1.807, 2.05) is 25.1 Å². The standard InChI is InChI=1S/C28H28FN7OS/c1-19-23(27(37)35-12-3-2-4-25(35)32-19)11-15-34-13-9-22(10-14-34)38-28-33-24-16-30-18-31-26(24)36(28)17-20-5-7-21(29)8-6-20/h2-8,12,16,18,22H,9-11,13-15,17H2,1H3. The van der Waals surface area contributed by atoms with Crippen molar-refractivity contribution in [1.82, 2.24) is 33.8 Å². The van der Waals surface area contributed by atoms with Crippen LogP contribution in [0.5, 0.6) is 0 Å². The average Bonchev–Trinajstić information content (AvgIpc) is 3.27. The number of nitrogens with zero attached hydrogens (tertiary/aromatic N) is 7. The average molecular weight is 530 g/mol. The van der Waals surface area contributed by atoms with Gasteiger partial charge in [0.1, 0.15) is 23.3 Å². The molecule has 0 amide bonds. The maximum Gasteiger partial charge on any atom is 0.261 e. The second kappa shape index (κ2) is 10.6. The summed E-state index contributed by atoms with van der Waals surface area (Å²) in [7, 11) is 0. The van der Waals surface area contributed by atoms with Crippen molar-refractivity contribution >= 4 is 28.6 Å². The molecule has 0 saturated carbocycles. The maximum absolute atomic E-state index is 13.4. The molecule has 5 aromatic rings. The van der Waals surface area contributed by atoms with Gasteiger partial charge in [-0.25, -0.2) is 24.3 Å². The number of rotatable bonds is 7. The number of aryl methyl sites for hydroxylation is 1. The molecule has 0 atom stereocenters. The summed E-state index contributed by atoms with van der Waals surface area (Å²) in [6.45, 7) is 5.28. The first-order valence-corrected chi connectivity index (χ1v) is 13.7. The molecule has 8 nitrogen and oxygen atoms in total. The van der Waals surface area contributed by atoms with Crippen LogP contribution < -0.4 is 5.56 Å². The van der Waals surface area contributed by atoms with E-state index in [1.54, 1.807) is 40.7 Å². The smallest absolute Gasteiger partial charge is 0.261 e. The number of halogens is 1. The Labute approximate surface area is 223 Å². The van der Waals surface area contributed by atoms with E-state index in [0.717, 1.165) is 65.6 Å². The van der Waals surface area contributed by atoms with E-state index < -0.39 is 0 Å². The lowest BCUT2D eigenvalue weighted by molar-refractivity contribution is 0.235. The number of thioether (sulfide) groups is 1. The van der Waals surface area contributed by atoms with Crippen LogP contribution in [0.3, 0.4) is 0 Å².